The fourth-order valence-corrected chi connectivity index (χ4v) is 1.06. The molecule has 0 rings (SSSR count). The lowest BCUT2D eigenvalue weighted by molar-refractivity contribution is 0.122. The van der Waals surface area contributed by atoms with E-state index < -0.39 is 0 Å². The second kappa shape index (κ2) is 7.49. The maximum absolute atomic E-state index is 5.36. The minimum Gasteiger partial charge on any atom is -0.385 e. The van der Waals surface area contributed by atoms with Crippen LogP contribution in [0.4, 0.5) is 0 Å². The van der Waals surface area contributed by atoms with Crippen molar-refractivity contribution in [3.63, 3.8) is 0 Å². The van der Waals surface area contributed by atoms with Gasteiger partial charge in [-0.15, -0.1) is 0 Å². The van der Waals surface area contributed by atoms with Gasteiger partial charge in [-0.05, 0) is 12.3 Å². The van der Waals surface area contributed by atoms with E-state index in [-0.39, 0.29) is 6.04 Å². The first-order valence-electron chi connectivity index (χ1n) is 4.20. The second-order valence-electron chi connectivity index (χ2n) is 2.99. The van der Waals surface area contributed by atoms with Crippen LogP contribution >= 0.6 is 0 Å². The summed E-state index contributed by atoms with van der Waals surface area (Å²) in [5, 5.41) is 0. The molecular weight excluding hydrogens is 156 g/mol. The summed E-state index contributed by atoms with van der Waals surface area (Å²) >= 11 is 0. The van der Waals surface area contributed by atoms with Crippen molar-refractivity contribution in [2.45, 2.75) is 19.4 Å². The van der Waals surface area contributed by atoms with Gasteiger partial charge >= 0.3 is 0 Å². The fraction of sp³-hybridized carbons (Fsp3) is 1.00. The lowest BCUT2D eigenvalue weighted by Crippen LogP contribution is -2.43. The van der Waals surface area contributed by atoms with Gasteiger partial charge in [-0.2, -0.15) is 0 Å². The van der Waals surface area contributed by atoms with E-state index in [1.807, 2.05) is 0 Å². The topological polar surface area (TPSA) is 56.5 Å². The summed E-state index contributed by atoms with van der Waals surface area (Å²) in [5.74, 6) is 5.83. The Hall–Kier alpha value is -0.160. The molecule has 0 aromatic heterocycles. The van der Waals surface area contributed by atoms with Crippen LogP contribution in [-0.2, 0) is 9.47 Å². The maximum Gasteiger partial charge on any atom is 0.0631 e. The Morgan fingerprint density at radius 1 is 1.33 bits per heavy atom. The van der Waals surface area contributed by atoms with E-state index in [1.165, 1.54) is 0 Å². The Morgan fingerprint density at radius 2 is 2.00 bits per heavy atom. The molecule has 0 amide bonds. The lowest BCUT2D eigenvalue weighted by atomic mass is 10.00. The van der Waals surface area contributed by atoms with Gasteiger partial charge in [0.05, 0.1) is 6.61 Å². The molecule has 4 heteroatoms. The number of nitrogens with one attached hydrogen (secondary N) is 1. The summed E-state index contributed by atoms with van der Waals surface area (Å²) in [6.07, 6.45) is 0.995. The molecule has 2 atom stereocenters. The molecular formula is C8H20N2O2. The Morgan fingerprint density at radius 3 is 2.42 bits per heavy atom. The van der Waals surface area contributed by atoms with Crippen molar-refractivity contribution in [1.82, 2.24) is 5.43 Å². The van der Waals surface area contributed by atoms with Crippen LogP contribution in [0.25, 0.3) is 0 Å². The molecule has 0 aliphatic carbocycles. The first-order chi connectivity index (χ1) is 5.76. The molecule has 0 spiro atoms. The quantitative estimate of drug-likeness (QED) is 0.428. The summed E-state index contributed by atoms with van der Waals surface area (Å²) in [4.78, 5) is 0. The highest BCUT2D eigenvalue weighted by Gasteiger charge is 2.14. The van der Waals surface area contributed by atoms with Crippen LogP contribution in [0.1, 0.15) is 13.3 Å². The van der Waals surface area contributed by atoms with Crippen LogP contribution in [0.3, 0.4) is 0 Å². The van der Waals surface area contributed by atoms with Crippen LogP contribution in [0.2, 0.25) is 0 Å². The van der Waals surface area contributed by atoms with Gasteiger partial charge in [0.25, 0.3) is 0 Å². The molecule has 0 radical (unpaired) electrons. The Labute approximate surface area is 74.4 Å². The van der Waals surface area contributed by atoms with E-state index >= 15 is 0 Å². The standard InChI is InChI=1S/C8H20N2O2/c1-7(4-5-11-2)8(10-9)6-12-3/h7-8,10H,4-6,9H2,1-3H3. The zero-order chi connectivity index (χ0) is 9.40. The predicted molar refractivity (Wildman–Crippen MR) is 48.6 cm³/mol. The van der Waals surface area contributed by atoms with Crippen molar-refractivity contribution in [3.8, 4) is 0 Å². The van der Waals surface area contributed by atoms with Gasteiger partial charge in [-0.1, -0.05) is 6.92 Å². The van der Waals surface area contributed by atoms with Gasteiger partial charge in [0, 0.05) is 26.9 Å². The minimum absolute atomic E-state index is 0.213. The van der Waals surface area contributed by atoms with E-state index in [4.69, 9.17) is 15.3 Å². The highest BCUT2D eigenvalue weighted by Crippen LogP contribution is 2.07. The molecule has 12 heavy (non-hydrogen) atoms. The molecule has 0 aliphatic heterocycles. The van der Waals surface area contributed by atoms with Crippen molar-refractivity contribution in [2.24, 2.45) is 11.8 Å². The smallest absolute Gasteiger partial charge is 0.0631 e. The molecule has 2 unspecified atom stereocenters. The molecule has 0 fully saturated rings. The molecule has 0 saturated carbocycles. The minimum atomic E-state index is 0.213. The Balaban J connectivity index is 3.60. The zero-order valence-corrected chi connectivity index (χ0v) is 8.17. The number of nitrogens with two attached hydrogens (primary N) is 1. The van der Waals surface area contributed by atoms with E-state index in [0.717, 1.165) is 13.0 Å². The van der Waals surface area contributed by atoms with Gasteiger partial charge in [0.1, 0.15) is 0 Å². The SMILES string of the molecule is COCCC(C)C(COC)NN. The molecule has 0 bridgehead atoms. The van der Waals surface area contributed by atoms with Gasteiger partial charge < -0.3 is 9.47 Å². The summed E-state index contributed by atoms with van der Waals surface area (Å²) in [7, 11) is 3.38. The summed E-state index contributed by atoms with van der Waals surface area (Å²) in [5.41, 5.74) is 2.73. The summed E-state index contributed by atoms with van der Waals surface area (Å²) in [6, 6.07) is 0.213. The number of hydrogen-bond acceptors (Lipinski definition) is 4. The largest absolute Gasteiger partial charge is 0.385 e. The average molecular weight is 176 g/mol. The second-order valence-corrected chi connectivity index (χ2v) is 2.99. The monoisotopic (exact) mass is 176 g/mol. The number of ether oxygens (including phenoxy) is 2. The molecule has 0 aliphatic rings. The molecule has 3 N–H and O–H groups in total. The van der Waals surface area contributed by atoms with Crippen LogP contribution in [0, 0.1) is 5.92 Å². The van der Waals surface area contributed by atoms with Gasteiger partial charge in [0.2, 0.25) is 0 Å². The van der Waals surface area contributed by atoms with Gasteiger partial charge in [-0.3, -0.25) is 11.3 Å². The number of hydrazine groups is 1. The number of rotatable bonds is 7. The van der Waals surface area contributed by atoms with E-state index in [1.54, 1.807) is 14.2 Å². The summed E-state index contributed by atoms with van der Waals surface area (Å²) in [6.45, 7) is 3.53. The van der Waals surface area contributed by atoms with E-state index in [0.29, 0.717) is 12.5 Å². The third kappa shape index (κ3) is 4.66. The molecule has 0 saturated heterocycles. The molecule has 0 heterocycles. The van der Waals surface area contributed by atoms with Gasteiger partial charge in [0.15, 0.2) is 0 Å². The van der Waals surface area contributed by atoms with Crippen LogP contribution in [-0.4, -0.2) is 33.5 Å². The van der Waals surface area contributed by atoms with Crippen molar-refractivity contribution in [3.05, 3.63) is 0 Å². The van der Waals surface area contributed by atoms with Crippen LogP contribution in [0.5, 0.6) is 0 Å². The maximum atomic E-state index is 5.36. The Kier molecular flexibility index (Phi) is 7.39. The van der Waals surface area contributed by atoms with E-state index in [9.17, 15) is 0 Å². The predicted octanol–water partition coefficient (Wildman–Crippen LogP) is 0.137. The Bertz CT molecular complexity index is 101. The first-order valence-corrected chi connectivity index (χ1v) is 4.20. The molecule has 4 nitrogen and oxygen atoms in total. The zero-order valence-electron chi connectivity index (χ0n) is 8.17. The molecule has 74 valence electrons. The average Bonchev–Trinajstić information content (AvgIpc) is 2.10. The summed E-state index contributed by atoms with van der Waals surface area (Å²) < 4.78 is 9.99. The lowest BCUT2D eigenvalue weighted by Gasteiger charge is -2.21. The molecule has 0 aromatic rings. The third-order valence-electron chi connectivity index (χ3n) is 2.02. The number of methoxy groups -OCH3 is 2. The van der Waals surface area contributed by atoms with Crippen molar-refractivity contribution in [1.29, 1.82) is 0 Å². The first kappa shape index (κ1) is 11.8. The van der Waals surface area contributed by atoms with Crippen molar-refractivity contribution < 1.29 is 9.47 Å². The van der Waals surface area contributed by atoms with Crippen molar-refractivity contribution in [2.75, 3.05) is 27.4 Å². The molecule has 0 aromatic carbocycles. The van der Waals surface area contributed by atoms with Crippen LogP contribution < -0.4 is 11.3 Å². The highest BCUT2D eigenvalue weighted by atomic mass is 16.5. The third-order valence-corrected chi connectivity index (χ3v) is 2.02. The van der Waals surface area contributed by atoms with Crippen LogP contribution in [0.15, 0.2) is 0 Å². The van der Waals surface area contributed by atoms with E-state index in [2.05, 4.69) is 12.3 Å². The van der Waals surface area contributed by atoms with Crippen molar-refractivity contribution >= 4 is 0 Å². The normalized spacial score (nSPS) is 16.0. The highest BCUT2D eigenvalue weighted by molar-refractivity contribution is 4.69. The van der Waals surface area contributed by atoms with Gasteiger partial charge in [-0.25, -0.2) is 0 Å². The number of hydrogen-bond donors (Lipinski definition) is 2. The fourth-order valence-electron chi connectivity index (χ4n) is 1.06.